The van der Waals surface area contributed by atoms with Crippen LogP contribution >= 0.6 is 23.1 Å². The SMILES string of the molecule is Cc1nc(CN2CCS[C@H](C(C)C)C2)cs1. The molecule has 2 rings (SSSR count). The van der Waals surface area contributed by atoms with E-state index in [1.54, 1.807) is 11.3 Å². The molecule has 1 atom stereocenters. The number of rotatable bonds is 3. The van der Waals surface area contributed by atoms with Gasteiger partial charge in [-0.1, -0.05) is 13.8 Å². The summed E-state index contributed by atoms with van der Waals surface area (Å²) < 4.78 is 0. The zero-order chi connectivity index (χ0) is 11.5. The second-order valence-corrected chi connectivity index (χ2v) is 7.16. The highest BCUT2D eigenvalue weighted by atomic mass is 32.2. The highest BCUT2D eigenvalue weighted by Gasteiger charge is 2.23. The molecule has 1 saturated heterocycles. The summed E-state index contributed by atoms with van der Waals surface area (Å²) >= 11 is 3.89. The molecule has 0 aliphatic carbocycles. The largest absolute Gasteiger partial charge is 0.296 e. The van der Waals surface area contributed by atoms with E-state index in [1.807, 2.05) is 0 Å². The van der Waals surface area contributed by atoms with Gasteiger partial charge in [-0.25, -0.2) is 4.98 Å². The fraction of sp³-hybridized carbons (Fsp3) is 0.750. The zero-order valence-corrected chi connectivity index (χ0v) is 11.9. The van der Waals surface area contributed by atoms with Crippen molar-refractivity contribution in [1.29, 1.82) is 0 Å². The minimum atomic E-state index is 0.782. The molecule has 0 bridgehead atoms. The maximum absolute atomic E-state index is 4.54. The van der Waals surface area contributed by atoms with E-state index in [0.717, 1.165) is 17.7 Å². The van der Waals surface area contributed by atoms with Gasteiger partial charge in [-0.2, -0.15) is 11.8 Å². The van der Waals surface area contributed by atoms with Crippen LogP contribution in [0.3, 0.4) is 0 Å². The number of aryl methyl sites for hydroxylation is 1. The van der Waals surface area contributed by atoms with Gasteiger partial charge in [0.1, 0.15) is 0 Å². The molecule has 0 aromatic carbocycles. The first-order chi connectivity index (χ1) is 7.65. The van der Waals surface area contributed by atoms with Gasteiger partial charge in [0.2, 0.25) is 0 Å². The average Bonchev–Trinajstić information content (AvgIpc) is 2.64. The summed E-state index contributed by atoms with van der Waals surface area (Å²) in [5.74, 6) is 2.05. The fourth-order valence-corrected chi connectivity index (χ4v) is 3.96. The van der Waals surface area contributed by atoms with E-state index in [4.69, 9.17) is 0 Å². The summed E-state index contributed by atoms with van der Waals surface area (Å²) in [6.07, 6.45) is 0. The first kappa shape index (κ1) is 12.4. The van der Waals surface area contributed by atoms with Gasteiger partial charge in [-0.3, -0.25) is 4.90 Å². The van der Waals surface area contributed by atoms with Crippen molar-refractivity contribution < 1.29 is 0 Å². The standard InChI is InChI=1S/C12H20N2S2/c1-9(2)12-7-14(4-5-15-12)6-11-8-16-10(3)13-11/h8-9,12H,4-7H2,1-3H3/t12-/m0/s1. The number of hydrogen-bond acceptors (Lipinski definition) is 4. The molecule has 4 heteroatoms. The molecule has 16 heavy (non-hydrogen) atoms. The van der Waals surface area contributed by atoms with Gasteiger partial charge in [0.25, 0.3) is 0 Å². The Bertz CT molecular complexity index is 336. The highest BCUT2D eigenvalue weighted by Crippen LogP contribution is 2.25. The summed E-state index contributed by atoms with van der Waals surface area (Å²) in [6.45, 7) is 10.2. The van der Waals surface area contributed by atoms with Crippen molar-refractivity contribution in [2.75, 3.05) is 18.8 Å². The molecule has 1 fully saturated rings. The van der Waals surface area contributed by atoms with Crippen LogP contribution in [0.5, 0.6) is 0 Å². The van der Waals surface area contributed by atoms with Crippen LogP contribution in [0.25, 0.3) is 0 Å². The minimum Gasteiger partial charge on any atom is -0.296 e. The number of aromatic nitrogens is 1. The molecule has 1 aliphatic rings. The third kappa shape index (κ3) is 3.22. The Hall–Kier alpha value is -0.0600. The van der Waals surface area contributed by atoms with E-state index < -0.39 is 0 Å². The van der Waals surface area contributed by atoms with Gasteiger partial charge in [-0.15, -0.1) is 11.3 Å². The van der Waals surface area contributed by atoms with Crippen LogP contribution in [0.4, 0.5) is 0 Å². The normalized spacial score (nSPS) is 22.9. The molecule has 2 nitrogen and oxygen atoms in total. The van der Waals surface area contributed by atoms with Gasteiger partial charge in [0.05, 0.1) is 10.7 Å². The molecule has 1 aliphatic heterocycles. The second kappa shape index (κ2) is 5.52. The highest BCUT2D eigenvalue weighted by molar-refractivity contribution is 8.00. The summed E-state index contributed by atoms with van der Waals surface area (Å²) in [4.78, 5) is 7.10. The van der Waals surface area contributed by atoms with E-state index in [-0.39, 0.29) is 0 Å². The molecule has 1 aromatic heterocycles. The maximum Gasteiger partial charge on any atom is 0.0897 e. The molecule has 0 N–H and O–H groups in total. The molecule has 0 unspecified atom stereocenters. The van der Waals surface area contributed by atoms with E-state index in [2.05, 4.69) is 47.8 Å². The first-order valence-electron chi connectivity index (χ1n) is 5.90. The van der Waals surface area contributed by atoms with Gasteiger partial charge in [0, 0.05) is 36.0 Å². The summed E-state index contributed by atoms with van der Waals surface area (Å²) in [5, 5.41) is 4.18. The van der Waals surface area contributed by atoms with Crippen molar-refractivity contribution >= 4 is 23.1 Å². The smallest absolute Gasteiger partial charge is 0.0897 e. The quantitative estimate of drug-likeness (QED) is 0.827. The average molecular weight is 256 g/mol. The fourth-order valence-electron chi connectivity index (χ4n) is 1.99. The van der Waals surface area contributed by atoms with Gasteiger partial charge >= 0.3 is 0 Å². The Morgan fingerprint density at radius 1 is 1.56 bits per heavy atom. The number of nitrogens with zero attached hydrogens (tertiary/aromatic N) is 2. The van der Waals surface area contributed by atoms with Crippen molar-refractivity contribution in [1.82, 2.24) is 9.88 Å². The van der Waals surface area contributed by atoms with Crippen molar-refractivity contribution in [3.8, 4) is 0 Å². The lowest BCUT2D eigenvalue weighted by Gasteiger charge is -2.33. The molecule has 0 spiro atoms. The molecule has 1 aromatic rings. The Kier molecular flexibility index (Phi) is 4.27. The van der Waals surface area contributed by atoms with E-state index >= 15 is 0 Å². The third-order valence-corrected chi connectivity index (χ3v) is 5.34. The number of thiazole rings is 1. The van der Waals surface area contributed by atoms with Crippen LogP contribution in [0.2, 0.25) is 0 Å². The second-order valence-electron chi connectivity index (χ2n) is 4.75. The van der Waals surface area contributed by atoms with Crippen molar-refractivity contribution in [2.24, 2.45) is 5.92 Å². The van der Waals surface area contributed by atoms with Crippen molar-refractivity contribution in [3.05, 3.63) is 16.1 Å². The van der Waals surface area contributed by atoms with Crippen LogP contribution in [-0.2, 0) is 6.54 Å². The topological polar surface area (TPSA) is 16.1 Å². The predicted molar refractivity (Wildman–Crippen MR) is 73.2 cm³/mol. The zero-order valence-electron chi connectivity index (χ0n) is 10.3. The molecular formula is C12H20N2S2. The van der Waals surface area contributed by atoms with Crippen LogP contribution in [-0.4, -0.2) is 34.0 Å². The maximum atomic E-state index is 4.54. The molecule has 0 amide bonds. The van der Waals surface area contributed by atoms with Crippen molar-refractivity contribution in [3.63, 3.8) is 0 Å². The Labute approximate surface area is 106 Å². The molecule has 2 heterocycles. The van der Waals surface area contributed by atoms with Crippen LogP contribution in [0.1, 0.15) is 24.5 Å². The number of hydrogen-bond donors (Lipinski definition) is 0. The summed E-state index contributed by atoms with van der Waals surface area (Å²) in [7, 11) is 0. The predicted octanol–water partition coefficient (Wildman–Crippen LogP) is 3.02. The molecular weight excluding hydrogens is 236 g/mol. The molecule has 90 valence electrons. The lowest BCUT2D eigenvalue weighted by Crippen LogP contribution is -2.39. The van der Waals surface area contributed by atoms with Gasteiger partial charge in [0.15, 0.2) is 0 Å². The Morgan fingerprint density at radius 3 is 3.00 bits per heavy atom. The van der Waals surface area contributed by atoms with E-state index in [9.17, 15) is 0 Å². The minimum absolute atomic E-state index is 0.782. The lowest BCUT2D eigenvalue weighted by molar-refractivity contribution is 0.258. The third-order valence-electron chi connectivity index (χ3n) is 2.97. The van der Waals surface area contributed by atoms with Gasteiger partial charge < -0.3 is 0 Å². The van der Waals surface area contributed by atoms with Gasteiger partial charge in [-0.05, 0) is 12.8 Å². The summed E-state index contributed by atoms with van der Waals surface area (Å²) in [5.41, 5.74) is 1.25. The monoisotopic (exact) mass is 256 g/mol. The summed E-state index contributed by atoms with van der Waals surface area (Å²) in [6, 6.07) is 0. The van der Waals surface area contributed by atoms with Crippen LogP contribution in [0.15, 0.2) is 5.38 Å². The van der Waals surface area contributed by atoms with Crippen LogP contribution in [0, 0.1) is 12.8 Å². The molecule has 0 radical (unpaired) electrons. The first-order valence-corrected chi connectivity index (χ1v) is 7.83. The Balaban J connectivity index is 1.90. The Morgan fingerprint density at radius 2 is 2.38 bits per heavy atom. The van der Waals surface area contributed by atoms with E-state index in [0.29, 0.717) is 0 Å². The van der Waals surface area contributed by atoms with E-state index in [1.165, 1.54) is 29.5 Å². The number of thioether (sulfide) groups is 1. The lowest BCUT2D eigenvalue weighted by atomic mass is 10.1. The van der Waals surface area contributed by atoms with Crippen molar-refractivity contribution in [2.45, 2.75) is 32.6 Å². The molecule has 0 saturated carbocycles. The van der Waals surface area contributed by atoms with Crippen LogP contribution < -0.4 is 0 Å².